The molecule has 0 aromatic heterocycles. The summed E-state index contributed by atoms with van der Waals surface area (Å²) in [7, 11) is 0. The monoisotopic (exact) mass is 265 g/mol. The first kappa shape index (κ1) is 12.9. The van der Waals surface area contributed by atoms with Gasteiger partial charge in [-0.05, 0) is 11.1 Å². The highest BCUT2D eigenvalue weighted by molar-refractivity contribution is 8.14. The van der Waals surface area contributed by atoms with Crippen molar-refractivity contribution in [3.63, 3.8) is 0 Å². The number of carbonyl (C=O) groups is 2. The van der Waals surface area contributed by atoms with Gasteiger partial charge in [-0.1, -0.05) is 36.0 Å². The zero-order chi connectivity index (χ0) is 13.0. The summed E-state index contributed by atoms with van der Waals surface area (Å²) in [6.07, 6.45) is 0. The summed E-state index contributed by atoms with van der Waals surface area (Å²) in [4.78, 5) is 22.7. The predicted octanol–water partition coefficient (Wildman–Crippen LogP) is 0.586. The van der Waals surface area contributed by atoms with Crippen molar-refractivity contribution in [3.05, 3.63) is 35.4 Å². The lowest BCUT2D eigenvalue weighted by Crippen LogP contribution is -2.42. The second-order valence-electron chi connectivity index (χ2n) is 4.03. The van der Waals surface area contributed by atoms with Crippen LogP contribution in [0.1, 0.15) is 11.1 Å². The fourth-order valence-corrected chi connectivity index (χ4v) is 2.41. The second-order valence-corrected chi connectivity index (χ2v) is 5.03. The summed E-state index contributed by atoms with van der Waals surface area (Å²) in [5.74, 6) is 0.354. The van der Waals surface area contributed by atoms with Crippen LogP contribution in [0.4, 0.5) is 4.79 Å². The summed E-state index contributed by atoms with van der Waals surface area (Å²) >= 11 is 1.14. The molecule has 0 spiro atoms. The molecule has 0 saturated carbocycles. The van der Waals surface area contributed by atoms with Crippen LogP contribution < -0.4 is 16.4 Å². The highest BCUT2D eigenvalue weighted by Gasteiger charge is 2.27. The quantitative estimate of drug-likeness (QED) is 0.744. The molecule has 1 atom stereocenters. The molecule has 1 aromatic carbocycles. The minimum Gasteiger partial charge on any atom is -0.350 e. The molecule has 0 aliphatic carbocycles. The van der Waals surface area contributed by atoms with Gasteiger partial charge in [0.2, 0.25) is 5.91 Å². The summed E-state index contributed by atoms with van der Waals surface area (Å²) in [5.41, 5.74) is 7.58. The second kappa shape index (κ2) is 5.88. The Morgan fingerprint density at radius 1 is 1.39 bits per heavy atom. The SMILES string of the molecule is NCc1ccc(CNC(=O)C2CSC(=O)N2)cc1. The van der Waals surface area contributed by atoms with Crippen molar-refractivity contribution >= 4 is 22.9 Å². The third-order valence-corrected chi connectivity index (χ3v) is 3.60. The smallest absolute Gasteiger partial charge is 0.279 e. The lowest BCUT2D eigenvalue weighted by Gasteiger charge is -2.10. The van der Waals surface area contributed by atoms with E-state index in [1.54, 1.807) is 0 Å². The number of benzene rings is 1. The Bertz CT molecular complexity index is 447. The van der Waals surface area contributed by atoms with Crippen molar-refractivity contribution in [3.8, 4) is 0 Å². The summed E-state index contributed by atoms with van der Waals surface area (Å²) < 4.78 is 0. The van der Waals surface area contributed by atoms with Crippen LogP contribution in [0.25, 0.3) is 0 Å². The number of nitrogens with one attached hydrogen (secondary N) is 2. The molecule has 4 N–H and O–H groups in total. The number of nitrogens with two attached hydrogens (primary N) is 1. The van der Waals surface area contributed by atoms with Gasteiger partial charge < -0.3 is 16.4 Å². The standard InChI is InChI=1S/C12H15N3O2S/c13-5-8-1-3-9(4-2-8)6-14-11(16)10-7-18-12(17)15-10/h1-4,10H,5-7,13H2,(H,14,16)(H,15,17). The largest absolute Gasteiger partial charge is 0.350 e. The normalized spacial score (nSPS) is 18.5. The van der Waals surface area contributed by atoms with Gasteiger partial charge in [0.1, 0.15) is 6.04 Å². The minimum atomic E-state index is -0.411. The molecule has 1 saturated heterocycles. The van der Waals surface area contributed by atoms with Crippen LogP contribution >= 0.6 is 11.8 Å². The molecule has 0 bridgehead atoms. The van der Waals surface area contributed by atoms with E-state index in [4.69, 9.17) is 5.73 Å². The lowest BCUT2D eigenvalue weighted by atomic mass is 10.1. The fraction of sp³-hybridized carbons (Fsp3) is 0.333. The van der Waals surface area contributed by atoms with E-state index >= 15 is 0 Å². The molecule has 0 radical (unpaired) electrons. The first-order chi connectivity index (χ1) is 8.69. The van der Waals surface area contributed by atoms with Gasteiger partial charge in [0.05, 0.1) is 0 Å². The molecular weight excluding hydrogens is 250 g/mol. The topological polar surface area (TPSA) is 84.2 Å². The van der Waals surface area contributed by atoms with Crippen molar-refractivity contribution in [1.29, 1.82) is 0 Å². The Labute approximate surface area is 110 Å². The van der Waals surface area contributed by atoms with Crippen LogP contribution in [0.2, 0.25) is 0 Å². The third-order valence-electron chi connectivity index (χ3n) is 2.72. The van der Waals surface area contributed by atoms with Crippen LogP contribution in [0, 0.1) is 0 Å². The number of amides is 2. The number of rotatable bonds is 4. The van der Waals surface area contributed by atoms with Gasteiger partial charge >= 0.3 is 0 Å². The zero-order valence-corrected chi connectivity index (χ0v) is 10.6. The summed E-state index contributed by atoms with van der Waals surface area (Å²) in [5, 5.41) is 5.27. The van der Waals surface area contributed by atoms with Crippen LogP contribution in [-0.4, -0.2) is 22.9 Å². The molecular formula is C12H15N3O2S. The molecule has 1 aliphatic rings. The molecule has 2 rings (SSSR count). The Morgan fingerprint density at radius 2 is 2.06 bits per heavy atom. The van der Waals surface area contributed by atoms with E-state index in [1.807, 2.05) is 24.3 Å². The van der Waals surface area contributed by atoms with Crippen LogP contribution in [0.3, 0.4) is 0 Å². The van der Waals surface area contributed by atoms with Gasteiger partial charge in [0, 0.05) is 18.8 Å². The predicted molar refractivity (Wildman–Crippen MR) is 71.0 cm³/mol. The Balaban J connectivity index is 1.83. The van der Waals surface area contributed by atoms with Crippen molar-refractivity contribution < 1.29 is 9.59 Å². The van der Waals surface area contributed by atoms with E-state index in [2.05, 4.69) is 10.6 Å². The molecule has 1 unspecified atom stereocenters. The van der Waals surface area contributed by atoms with Crippen LogP contribution in [0.15, 0.2) is 24.3 Å². The molecule has 1 aromatic rings. The fourth-order valence-electron chi connectivity index (χ4n) is 1.63. The van der Waals surface area contributed by atoms with Gasteiger partial charge in [0.15, 0.2) is 0 Å². The van der Waals surface area contributed by atoms with Crippen molar-refractivity contribution in [2.75, 3.05) is 5.75 Å². The average molecular weight is 265 g/mol. The maximum absolute atomic E-state index is 11.7. The molecule has 6 heteroatoms. The first-order valence-electron chi connectivity index (χ1n) is 5.68. The van der Waals surface area contributed by atoms with Gasteiger partial charge in [-0.3, -0.25) is 9.59 Å². The Kier molecular flexibility index (Phi) is 4.22. The molecule has 5 nitrogen and oxygen atoms in total. The molecule has 1 heterocycles. The zero-order valence-electron chi connectivity index (χ0n) is 9.81. The molecule has 18 heavy (non-hydrogen) atoms. The highest BCUT2D eigenvalue weighted by atomic mass is 32.2. The van der Waals surface area contributed by atoms with Gasteiger partial charge in [0.25, 0.3) is 5.24 Å². The average Bonchev–Trinajstić information content (AvgIpc) is 2.83. The summed E-state index contributed by atoms with van der Waals surface area (Å²) in [6.45, 7) is 0.971. The molecule has 96 valence electrons. The van der Waals surface area contributed by atoms with E-state index in [0.717, 1.165) is 22.9 Å². The van der Waals surface area contributed by atoms with Crippen molar-refractivity contribution in [2.24, 2.45) is 5.73 Å². The molecule has 1 fully saturated rings. The molecule has 1 aliphatic heterocycles. The number of hydrogen-bond donors (Lipinski definition) is 3. The van der Waals surface area contributed by atoms with Gasteiger partial charge in [-0.15, -0.1) is 0 Å². The van der Waals surface area contributed by atoms with Crippen molar-refractivity contribution in [2.45, 2.75) is 19.1 Å². The number of hydrogen-bond acceptors (Lipinski definition) is 4. The van der Waals surface area contributed by atoms with Crippen LogP contribution in [0.5, 0.6) is 0 Å². The van der Waals surface area contributed by atoms with Gasteiger partial charge in [-0.25, -0.2) is 0 Å². The number of carbonyl (C=O) groups excluding carboxylic acids is 2. The maximum Gasteiger partial charge on any atom is 0.279 e. The number of thioether (sulfide) groups is 1. The van der Waals surface area contributed by atoms with E-state index in [9.17, 15) is 9.59 Å². The Hall–Kier alpha value is -1.53. The Morgan fingerprint density at radius 3 is 2.61 bits per heavy atom. The van der Waals surface area contributed by atoms with Crippen LogP contribution in [-0.2, 0) is 17.9 Å². The van der Waals surface area contributed by atoms with E-state index < -0.39 is 6.04 Å². The maximum atomic E-state index is 11.7. The van der Waals surface area contributed by atoms with Gasteiger partial charge in [-0.2, -0.15) is 0 Å². The van der Waals surface area contributed by atoms with E-state index in [-0.39, 0.29) is 11.1 Å². The van der Waals surface area contributed by atoms with Crippen molar-refractivity contribution in [1.82, 2.24) is 10.6 Å². The first-order valence-corrected chi connectivity index (χ1v) is 6.66. The molecule has 2 amide bonds. The van der Waals surface area contributed by atoms with E-state index in [0.29, 0.717) is 18.8 Å². The lowest BCUT2D eigenvalue weighted by molar-refractivity contribution is -0.122. The third kappa shape index (κ3) is 3.24. The van der Waals surface area contributed by atoms with E-state index in [1.165, 1.54) is 0 Å². The minimum absolute atomic E-state index is 0.137. The highest BCUT2D eigenvalue weighted by Crippen LogP contribution is 2.13. The summed E-state index contributed by atoms with van der Waals surface area (Å²) in [6, 6.07) is 7.34.